The topological polar surface area (TPSA) is 30.0 Å². The molecule has 19 heavy (non-hydrogen) atoms. The molecule has 6 heteroatoms. The lowest BCUT2D eigenvalue weighted by atomic mass is 10.1. The number of benzene rings is 1. The zero-order valence-electron chi connectivity index (χ0n) is 9.41. The Morgan fingerprint density at radius 2 is 1.84 bits per heavy atom. The molecule has 0 N–H and O–H groups in total. The van der Waals surface area contributed by atoms with Gasteiger partial charge in [-0.05, 0) is 24.3 Å². The van der Waals surface area contributed by atoms with E-state index in [1.165, 1.54) is 12.1 Å². The van der Waals surface area contributed by atoms with Gasteiger partial charge in [-0.2, -0.15) is 13.2 Å². The van der Waals surface area contributed by atoms with Crippen molar-refractivity contribution in [3.05, 3.63) is 53.5 Å². The highest BCUT2D eigenvalue weighted by atomic mass is 19.4. The summed E-state index contributed by atoms with van der Waals surface area (Å²) in [6, 6.07) is 6.63. The molecule has 2 rings (SSSR count). The van der Waals surface area contributed by atoms with Crippen LogP contribution in [0.25, 0.3) is 11.3 Å². The number of nitrogens with zero attached hydrogens (tertiary/aromatic N) is 1. The largest absolute Gasteiger partial charge is 0.433 e. The van der Waals surface area contributed by atoms with Crippen LogP contribution in [0.2, 0.25) is 0 Å². The van der Waals surface area contributed by atoms with Crippen LogP contribution in [0.1, 0.15) is 16.1 Å². The fourth-order valence-corrected chi connectivity index (χ4v) is 1.59. The number of hydrogen-bond acceptors (Lipinski definition) is 2. The molecular weight excluding hydrogens is 262 g/mol. The number of alkyl halides is 3. The van der Waals surface area contributed by atoms with Gasteiger partial charge in [-0.3, -0.25) is 4.79 Å². The van der Waals surface area contributed by atoms with Crippen LogP contribution in [0.15, 0.2) is 36.4 Å². The Morgan fingerprint density at radius 1 is 1.11 bits per heavy atom. The average molecular weight is 269 g/mol. The molecule has 0 saturated carbocycles. The van der Waals surface area contributed by atoms with Gasteiger partial charge in [0.15, 0.2) is 6.29 Å². The lowest BCUT2D eigenvalue weighted by Crippen LogP contribution is -2.09. The van der Waals surface area contributed by atoms with Gasteiger partial charge in [0.25, 0.3) is 0 Å². The maximum absolute atomic E-state index is 13.1. The molecule has 2 aromatic rings. The van der Waals surface area contributed by atoms with Crippen molar-refractivity contribution in [1.82, 2.24) is 4.98 Å². The van der Waals surface area contributed by atoms with Crippen molar-refractivity contribution in [3.63, 3.8) is 0 Å². The smallest absolute Gasteiger partial charge is 0.298 e. The van der Waals surface area contributed by atoms with E-state index in [9.17, 15) is 22.4 Å². The fourth-order valence-electron chi connectivity index (χ4n) is 1.59. The van der Waals surface area contributed by atoms with Crippen molar-refractivity contribution in [2.75, 3.05) is 0 Å². The van der Waals surface area contributed by atoms with Crippen LogP contribution in [0, 0.1) is 5.82 Å². The van der Waals surface area contributed by atoms with Gasteiger partial charge in [0.2, 0.25) is 0 Å². The third-order valence-corrected chi connectivity index (χ3v) is 2.44. The molecule has 0 radical (unpaired) electrons. The molecule has 0 atom stereocenters. The van der Waals surface area contributed by atoms with Gasteiger partial charge in [0.1, 0.15) is 11.5 Å². The fraction of sp³-hybridized carbons (Fsp3) is 0.0769. The Balaban J connectivity index is 2.63. The van der Waals surface area contributed by atoms with E-state index in [0.717, 1.165) is 18.2 Å². The van der Waals surface area contributed by atoms with Crippen LogP contribution < -0.4 is 0 Å². The van der Waals surface area contributed by atoms with E-state index >= 15 is 0 Å². The molecule has 0 saturated heterocycles. The van der Waals surface area contributed by atoms with Crippen LogP contribution >= 0.6 is 0 Å². The van der Waals surface area contributed by atoms with Crippen LogP contribution in [-0.4, -0.2) is 11.3 Å². The maximum Gasteiger partial charge on any atom is 0.433 e. The molecule has 1 aromatic carbocycles. The van der Waals surface area contributed by atoms with Crippen LogP contribution in [-0.2, 0) is 6.18 Å². The molecular formula is C13H7F4NO. The summed E-state index contributed by atoms with van der Waals surface area (Å²) in [6.45, 7) is 0. The molecule has 0 aliphatic carbocycles. The Kier molecular flexibility index (Phi) is 3.33. The standard InChI is InChI=1S/C13H7F4NO/c14-10-3-1-2-8(6-10)12-9(7-19)4-5-11(18-12)13(15,16)17/h1-7H. The summed E-state index contributed by atoms with van der Waals surface area (Å²) in [7, 11) is 0. The molecule has 0 spiro atoms. The minimum absolute atomic E-state index is 0.0291. The molecule has 0 aliphatic heterocycles. The predicted molar refractivity (Wildman–Crippen MR) is 60.0 cm³/mol. The van der Waals surface area contributed by atoms with Gasteiger partial charge < -0.3 is 0 Å². The summed E-state index contributed by atoms with van der Waals surface area (Å²) in [5.41, 5.74) is -1.23. The summed E-state index contributed by atoms with van der Waals surface area (Å²) in [5, 5.41) is 0. The summed E-state index contributed by atoms with van der Waals surface area (Å²) in [6.07, 6.45) is -4.24. The van der Waals surface area contributed by atoms with Gasteiger partial charge in [0.05, 0.1) is 5.69 Å². The van der Waals surface area contributed by atoms with Crippen molar-refractivity contribution in [2.24, 2.45) is 0 Å². The summed E-state index contributed by atoms with van der Waals surface area (Å²) in [4.78, 5) is 14.2. The SMILES string of the molecule is O=Cc1ccc(C(F)(F)F)nc1-c1cccc(F)c1. The number of carbonyl (C=O) groups is 1. The molecule has 1 aromatic heterocycles. The number of aldehydes is 1. The first-order chi connectivity index (χ1) is 8.91. The quantitative estimate of drug-likeness (QED) is 0.614. The monoisotopic (exact) mass is 269 g/mol. The van der Waals surface area contributed by atoms with E-state index in [2.05, 4.69) is 4.98 Å². The van der Waals surface area contributed by atoms with Gasteiger partial charge in [-0.25, -0.2) is 9.37 Å². The number of pyridine rings is 1. The van der Waals surface area contributed by atoms with E-state index in [1.54, 1.807) is 0 Å². The lowest BCUT2D eigenvalue weighted by molar-refractivity contribution is -0.141. The average Bonchev–Trinajstić information content (AvgIpc) is 2.37. The normalized spacial score (nSPS) is 11.4. The number of hydrogen-bond donors (Lipinski definition) is 0. The van der Waals surface area contributed by atoms with Crippen molar-refractivity contribution in [3.8, 4) is 11.3 Å². The maximum atomic E-state index is 13.1. The Hall–Kier alpha value is -2.24. The number of carbonyl (C=O) groups excluding carboxylic acids is 1. The van der Waals surface area contributed by atoms with Crippen LogP contribution in [0.5, 0.6) is 0 Å². The summed E-state index contributed by atoms with van der Waals surface area (Å²) < 4.78 is 50.8. The van der Waals surface area contributed by atoms with Crippen molar-refractivity contribution < 1.29 is 22.4 Å². The highest BCUT2D eigenvalue weighted by Gasteiger charge is 2.33. The van der Waals surface area contributed by atoms with E-state index in [4.69, 9.17) is 0 Å². The number of halogens is 4. The second-order valence-electron chi connectivity index (χ2n) is 3.76. The van der Waals surface area contributed by atoms with E-state index in [0.29, 0.717) is 12.4 Å². The first kappa shape index (κ1) is 13.2. The zero-order chi connectivity index (χ0) is 14.0. The van der Waals surface area contributed by atoms with Crippen LogP contribution in [0.3, 0.4) is 0 Å². The molecule has 98 valence electrons. The van der Waals surface area contributed by atoms with E-state index in [1.807, 2.05) is 0 Å². The molecule has 0 unspecified atom stereocenters. The van der Waals surface area contributed by atoms with E-state index in [-0.39, 0.29) is 16.8 Å². The molecule has 0 fully saturated rings. The van der Waals surface area contributed by atoms with Gasteiger partial charge in [-0.1, -0.05) is 12.1 Å². The number of rotatable bonds is 2. The van der Waals surface area contributed by atoms with Crippen molar-refractivity contribution in [1.29, 1.82) is 0 Å². The molecule has 2 nitrogen and oxygen atoms in total. The van der Waals surface area contributed by atoms with Crippen molar-refractivity contribution >= 4 is 6.29 Å². The van der Waals surface area contributed by atoms with Gasteiger partial charge >= 0.3 is 6.18 Å². The molecule has 0 bridgehead atoms. The van der Waals surface area contributed by atoms with Crippen molar-refractivity contribution in [2.45, 2.75) is 6.18 Å². The summed E-state index contributed by atoms with van der Waals surface area (Å²) in [5.74, 6) is -0.617. The Bertz CT molecular complexity index is 622. The molecule has 0 amide bonds. The minimum atomic E-state index is -4.62. The van der Waals surface area contributed by atoms with Gasteiger partial charge in [0, 0.05) is 11.1 Å². The first-order valence-electron chi connectivity index (χ1n) is 5.21. The lowest BCUT2D eigenvalue weighted by Gasteiger charge is -2.10. The Labute approximate surface area is 105 Å². The highest BCUT2D eigenvalue weighted by molar-refractivity contribution is 5.85. The second-order valence-corrected chi connectivity index (χ2v) is 3.76. The predicted octanol–water partition coefficient (Wildman–Crippen LogP) is 3.72. The van der Waals surface area contributed by atoms with Gasteiger partial charge in [-0.15, -0.1) is 0 Å². The molecule has 1 heterocycles. The number of aromatic nitrogens is 1. The third kappa shape index (κ3) is 2.78. The second kappa shape index (κ2) is 4.79. The third-order valence-electron chi connectivity index (χ3n) is 2.44. The summed E-state index contributed by atoms with van der Waals surface area (Å²) >= 11 is 0. The molecule has 0 aliphatic rings. The first-order valence-corrected chi connectivity index (χ1v) is 5.21. The highest BCUT2D eigenvalue weighted by Crippen LogP contribution is 2.30. The zero-order valence-corrected chi connectivity index (χ0v) is 9.41. The minimum Gasteiger partial charge on any atom is -0.298 e. The van der Waals surface area contributed by atoms with Crippen LogP contribution in [0.4, 0.5) is 17.6 Å². The Morgan fingerprint density at radius 3 is 2.42 bits per heavy atom. The van der Waals surface area contributed by atoms with E-state index < -0.39 is 17.7 Å².